The molecule has 1 atom stereocenters. The van der Waals surface area contributed by atoms with E-state index in [1.807, 2.05) is 0 Å². The first-order chi connectivity index (χ1) is 8.08. The molecule has 17 heavy (non-hydrogen) atoms. The number of hydrogen-bond acceptors (Lipinski definition) is 1. The predicted octanol–water partition coefficient (Wildman–Crippen LogP) is 2.83. The summed E-state index contributed by atoms with van der Waals surface area (Å²) in [5.74, 6) is 0. The lowest BCUT2D eigenvalue weighted by molar-refractivity contribution is 0.501. The van der Waals surface area contributed by atoms with Crippen molar-refractivity contribution in [3.05, 3.63) is 34.5 Å². The molecule has 0 fully saturated rings. The highest BCUT2D eigenvalue weighted by Gasteiger charge is 2.22. The van der Waals surface area contributed by atoms with Crippen LogP contribution in [0.3, 0.4) is 0 Å². The van der Waals surface area contributed by atoms with Crippen LogP contribution in [0.15, 0.2) is 12.1 Å². The first kappa shape index (κ1) is 10.8. The summed E-state index contributed by atoms with van der Waals surface area (Å²) in [6.45, 7) is 7.68. The molecule has 90 valence electrons. The van der Waals surface area contributed by atoms with Crippen molar-refractivity contribution in [2.75, 3.05) is 0 Å². The van der Waals surface area contributed by atoms with Crippen LogP contribution in [-0.2, 0) is 20.0 Å². The summed E-state index contributed by atoms with van der Waals surface area (Å²) in [6.07, 6.45) is 1.14. The van der Waals surface area contributed by atoms with Gasteiger partial charge in [0.05, 0.1) is 5.52 Å². The van der Waals surface area contributed by atoms with E-state index < -0.39 is 0 Å². The molecule has 1 unspecified atom stereocenters. The topological polar surface area (TPSA) is 17.0 Å². The van der Waals surface area contributed by atoms with E-state index in [2.05, 4.69) is 49.8 Å². The fourth-order valence-electron chi connectivity index (χ4n) is 3.22. The van der Waals surface area contributed by atoms with Crippen molar-refractivity contribution >= 4 is 10.9 Å². The number of aryl methyl sites for hydroxylation is 3. The molecule has 1 N–H and O–H groups in total. The Balaban J connectivity index is 2.37. The molecule has 1 aliphatic heterocycles. The fraction of sp³-hybridized carbons (Fsp3) is 0.467. The van der Waals surface area contributed by atoms with Crippen molar-refractivity contribution in [2.45, 2.75) is 39.8 Å². The van der Waals surface area contributed by atoms with E-state index in [1.165, 1.54) is 33.3 Å². The van der Waals surface area contributed by atoms with E-state index in [0.29, 0.717) is 6.04 Å². The van der Waals surface area contributed by atoms with Crippen molar-refractivity contribution in [1.82, 2.24) is 9.88 Å². The van der Waals surface area contributed by atoms with Crippen LogP contribution >= 0.6 is 0 Å². The van der Waals surface area contributed by atoms with Crippen LogP contribution in [-0.4, -0.2) is 10.6 Å². The minimum absolute atomic E-state index is 0.590. The van der Waals surface area contributed by atoms with Crippen molar-refractivity contribution in [2.24, 2.45) is 7.05 Å². The van der Waals surface area contributed by atoms with Gasteiger partial charge in [0.1, 0.15) is 0 Å². The van der Waals surface area contributed by atoms with Gasteiger partial charge in [0.2, 0.25) is 0 Å². The van der Waals surface area contributed by atoms with E-state index in [-0.39, 0.29) is 0 Å². The molecule has 0 spiro atoms. The van der Waals surface area contributed by atoms with E-state index in [4.69, 9.17) is 0 Å². The second-order valence-electron chi connectivity index (χ2n) is 5.45. The number of nitrogens with one attached hydrogen (secondary N) is 1. The molecule has 0 amide bonds. The third kappa shape index (κ3) is 1.51. The zero-order chi connectivity index (χ0) is 12.2. The third-order valence-electron chi connectivity index (χ3n) is 3.99. The standard InChI is InChI=1S/C15H20N2/c1-9-5-10(2)15-12(6-9)13-8-16-11(3)7-14(13)17(15)4/h5-6,11,16H,7-8H2,1-4H3. The Morgan fingerprint density at radius 3 is 2.82 bits per heavy atom. The molecule has 2 heteroatoms. The Labute approximate surface area is 103 Å². The Kier molecular flexibility index (Phi) is 2.30. The van der Waals surface area contributed by atoms with Crippen molar-refractivity contribution < 1.29 is 0 Å². The lowest BCUT2D eigenvalue weighted by Crippen LogP contribution is -2.33. The highest BCUT2D eigenvalue weighted by atomic mass is 15.0. The van der Waals surface area contributed by atoms with Gasteiger partial charge in [-0.3, -0.25) is 0 Å². The van der Waals surface area contributed by atoms with Gasteiger partial charge in [-0.05, 0) is 38.0 Å². The van der Waals surface area contributed by atoms with Gasteiger partial charge in [-0.2, -0.15) is 0 Å². The summed E-state index contributed by atoms with van der Waals surface area (Å²) in [7, 11) is 2.21. The van der Waals surface area contributed by atoms with Gasteiger partial charge < -0.3 is 9.88 Å². The number of nitrogens with zero attached hydrogens (tertiary/aromatic N) is 1. The van der Waals surface area contributed by atoms with Crippen LogP contribution in [0.1, 0.15) is 29.3 Å². The molecular weight excluding hydrogens is 208 g/mol. The average Bonchev–Trinajstić information content (AvgIpc) is 2.52. The van der Waals surface area contributed by atoms with Gasteiger partial charge in [-0.15, -0.1) is 0 Å². The minimum Gasteiger partial charge on any atom is -0.347 e. The number of fused-ring (bicyclic) bond motifs is 3. The summed E-state index contributed by atoms with van der Waals surface area (Å²) >= 11 is 0. The highest BCUT2D eigenvalue weighted by Crippen LogP contribution is 2.31. The van der Waals surface area contributed by atoms with Crippen molar-refractivity contribution in [1.29, 1.82) is 0 Å². The lowest BCUT2D eigenvalue weighted by Gasteiger charge is -2.21. The molecule has 3 rings (SSSR count). The first-order valence-electron chi connectivity index (χ1n) is 6.38. The Morgan fingerprint density at radius 1 is 1.29 bits per heavy atom. The molecule has 0 radical (unpaired) electrons. The van der Waals surface area contributed by atoms with Gasteiger partial charge in [0, 0.05) is 37.1 Å². The molecule has 0 aliphatic carbocycles. The van der Waals surface area contributed by atoms with Crippen molar-refractivity contribution in [3.63, 3.8) is 0 Å². The summed E-state index contributed by atoms with van der Waals surface area (Å²) in [5.41, 5.74) is 7.19. The highest BCUT2D eigenvalue weighted by molar-refractivity contribution is 5.89. The molecule has 2 nitrogen and oxygen atoms in total. The summed E-state index contributed by atoms with van der Waals surface area (Å²) in [4.78, 5) is 0. The number of aromatic nitrogens is 1. The van der Waals surface area contributed by atoms with Gasteiger partial charge in [-0.1, -0.05) is 11.6 Å². The van der Waals surface area contributed by atoms with E-state index in [9.17, 15) is 0 Å². The second-order valence-corrected chi connectivity index (χ2v) is 5.45. The molecule has 0 saturated carbocycles. The number of rotatable bonds is 0. The molecule has 1 aromatic heterocycles. The average molecular weight is 228 g/mol. The largest absolute Gasteiger partial charge is 0.347 e. The molecular formula is C15H20N2. The van der Waals surface area contributed by atoms with Crippen LogP contribution in [0, 0.1) is 13.8 Å². The molecule has 0 saturated heterocycles. The van der Waals surface area contributed by atoms with E-state index in [0.717, 1.165) is 13.0 Å². The fourth-order valence-corrected chi connectivity index (χ4v) is 3.22. The SMILES string of the molecule is Cc1cc(C)c2c(c1)c1c(n2C)CC(C)NC1. The normalized spacial score (nSPS) is 19.6. The number of hydrogen-bond donors (Lipinski definition) is 1. The molecule has 2 heterocycles. The van der Waals surface area contributed by atoms with Gasteiger partial charge in [0.25, 0.3) is 0 Å². The Hall–Kier alpha value is -1.28. The third-order valence-corrected chi connectivity index (χ3v) is 3.99. The van der Waals surface area contributed by atoms with Crippen LogP contribution < -0.4 is 5.32 Å². The zero-order valence-corrected chi connectivity index (χ0v) is 11.1. The summed E-state index contributed by atoms with van der Waals surface area (Å²) < 4.78 is 2.40. The molecule has 2 aromatic rings. The smallest absolute Gasteiger partial charge is 0.0513 e. The molecule has 1 aliphatic rings. The van der Waals surface area contributed by atoms with E-state index >= 15 is 0 Å². The zero-order valence-electron chi connectivity index (χ0n) is 11.1. The van der Waals surface area contributed by atoms with Crippen LogP contribution in [0.25, 0.3) is 10.9 Å². The molecule has 0 bridgehead atoms. The van der Waals surface area contributed by atoms with Gasteiger partial charge in [0.15, 0.2) is 0 Å². The van der Waals surface area contributed by atoms with Crippen LogP contribution in [0.4, 0.5) is 0 Å². The summed E-state index contributed by atoms with van der Waals surface area (Å²) in [6, 6.07) is 5.20. The van der Waals surface area contributed by atoms with E-state index in [1.54, 1.807) is 0 Å². The van der Waals surface area contributed by atoms with Crippen molar-refractivity contribution in [3.8, 4) is 0 Å². The molecule has 1 aromatic carbocycles. The van der Waals surface area contributed by atoms with Gasteiger partial charge >= 0.3 is 0 Å². The van der Waals surface area contributed by atoms with Crippen LogP contribution in [0.2, 0.25) is 0 Å². The maximum Gasteiger partial charge on any atom is 0.0513 e. The van der Waals surface area contributed by atoms with Crippen LogP contribution in [0.5, 0.6) is 0 Å². The van der Waals surface area contributed by atoms with Gasteiger partial charge in [-0.25, -0.2) is 0 Å². The predicted molar refractivity (Wildman–Crippen MR) is 72.4 cm³/mol. The second kappa shape index (κ2) is 3.61. The monoisotopic (exact) mass is 228 g/mol. The Bertz CT molecular complexity index is 593. The maximum atomic E-state index is 3.57. The first-order valence-corrected chi connectivity index (χ1v) is 6.38. The quantitative estimate of drug-likeness (QED) is 0.733. The minimum atomic E-state index is 0.590. The maximum absolute atomic E-state index is 3.57. The number of benzene rings is 1. The Morgan fingerprint density at radius 2 is 2.06 bits per heavy atom. The summed E-state index contributed by atoms with van der Waals surface area (Å²) in [5, 5.41) is 5.01. The lowest BCUT2D eigenvalue weighted by atomic mass is 10.00.